The van der Waals surface area contributed by atoms with E-state index in [0.29, 0.717) is 10.6 Å². The number of carbonyl (C=O) groups excluding carboxylic acids is 3. The van der Waals surface area contributed by atoms with E-state index < -0.39 is 23.5 Å². The fourth-order valence-corrected chi connectivity index (χ4v) is 3.38. The highest BCUT2D eigenvalue weighted by molar-refractivity contribution is 7.19. The molecule has 0 bridgehead atoms. The molecule has 0 aromatic carbocycles. The molecule has 2 aromatic rings. The van der Waals surface area contributed by atoms with Gasteiger partial charge in [-0.1, -0.05) is 11.3 Å². The summed E-state index contributed by atoms with van der Waals surface area (Å²) >= 11 is 1.12. The first-order valence-corrected chi connectivity index (χ1v) is 8.87. The van der Waals surface area contributed by atoms with Crippen molar-refractivity contribution in [2.24, 2.45) is 0 Å². The molecule has 146 valence electrons. The third-order valence-corrected chi connectivity index (χ3v) is 4.72. The highest BCUT2D eigenvalue weighted by atomic mass is 32.1. The maximum atomic E-state index is 12.4. The van der Waals surface area contributed by atoms with Gasteiger partial charge in [-0.05, 0) is 27.7 Å². The average Bonchev–Trinajstić information content (AvgIpc) is 3.21. The van der Waals surface area contributed by atoms with E-state index in [-0.39, 0.29) is 17.2 Å². The van der Waals surface area contributed by atoms with Gasteiger partial charge in [-0.25, -0.2) is 14.4 Å². The van der Waals surface area contributed by atoms with E-state index in [0.717, 1.165) is 11.3 Å². The summed E-state index contributed by atoms with van der Waals surface area (Å²) in [6.07, 6.45) is 3.00. The van der Waals surface area contributed by atoms with Gasteiger partial charge in [-0.15, -0.1) is 4.80 Å². The number of hydrogen-bond acceptors (Lipinski definition) is 8. The number of thiophene rings is 1. The number of aromatic nitrogens is 3. The molecule has 2 amide bonds. The van der Waals surface area contributed by atoms with Crippen LogP contribution in [0.1, 0.15) is 36.7 Å². The SMILES string of the molecule is CCOC(=O)c1c(NC(=O)NC(C)(C)C(=O)OC)sc(-n2nccn2)c1C. The second-order valence-electron chi connectivity index (χ2n) is 5.97. The van der Waals surface area contributed by atoms with Crippen molar-refractivity contribution in [1.82, 2.24) is 20.3 Å². The molecule has 27 heavy (non-hydrogen) atoms. The maximum Gasteiger partial charge on any atom is 0.341 e. The molecule has 0 aliphatic carbocycles. The first-order valence-electron chi connectivity index (χ1n) is 8.06. The van der Waals surface area contributed by atoms with Crippen molar-refractivity contribution >= 4 is 34.3 Å². The van der Waals surface area contributed by atoms with Gasteiger partial charge in [0.2, 0.25) is 0 Å². The molecule has 0 radical (unpaired) electrons. The van der Waals surface area contributed by atoms with Gasteiger partial charge in [-0.2, -0.15) is 10.2 Å². The minimum atomic E-state index is -1.25. The molecule has 11 heteroatoms. The Morgan fingerprint density at radius 1 is 1.26 bits per heavy atom. The number of ether oxygens (including phenoxy) is 2. The molecule has 2 N–H and O–H groups in total. The third kappa shape index (κ3) is 4.42. The topological polar surface area (TPSA) is 124 Å². The van der Waals surface area contributed by atoms with E-state index in [2.05, 4.69) is 25.6 Å². The number of rotatable bonds is 6. The molecule has 0 unspecified atom stereocenters. The highest BCUT2D eigenvalue weighted by Gasteiger charge is 2.32. The van der Waals surface area contributed by atoms with Crippen molar-refractivity contribution in [3.63, 3.8) is 0 Å². The second kappa shape index (κ2) is 8.16. The van der Waals surface area contributed by atoms with Crippen molar-refractivity contribution in [3.8, 4) is 5.00 Å². The number of esters is 2. The smallest absolute Gasteiger partial charge is 0.341 e. The standard InChI is InChI=1S/C16H21N5O5S/c1-6-26-13(22)10-9(2)12(21-17-7-8-18-21)27-11(10)19-15(24)20-16(3,4)14(23)25-5/h7-8H,6H2,1-5H3,(H2,19,20,24). The van der Waals surface area contributed by atoms with Crippen LogP contribution in [-0.4, -0.2) is 52.2 Å². The molecule has 0 saturated carbocycles. The Labute approximate surface area is 159 Å². The van der Waals surface area contributed by atoms with Crippen LogP contribution in [-0.2, 0) is 14.3 Å². The lowest BCUT2D eigenvalue weighted by molar-refractivity contribution is -0.146. The predicted molar refractivity (Wildman–Crippen MR) is 98.2 cm³/mol. The lowest BCUT2D eigenvalue weighted by Gasteiger charge is -2.23. The minimum Gasteiger partial charge on any atom is -0.467 e. The van der Waals surface area contributed by atoms with Crippen LogP contribution in [0.15, 0.2) is 12.4 Å². The van der Waals surface area contributed by atoms with Crippen LogP contribution >= 0.6 is 11.3 Å². The lowest BCUT2D eigenvalue weighted by atomic mass is 10.1. The number of carbonyl (C=O) groups is 3. The Balaban J connectivity index is 2.34. The van der Waals surface area contributed by atoms with E-state index in [4.69, 9.17) is 4.74 Å². The van der Waals surface area contributed by atoms with Crippen LogP contribution in [0, 0.1) is 6.92 Å². The number of amides is 2. The van der Waals surface area contributed by atoms with Crippen LogP contribution in [0.3, 0.4) is 0 Å². The summed E-state index contributed by atoms with van der Waals surface area (Å²) in [6.45, 7) is 6.59. The Morgan fingerprint density at radius 3 is 2.44 bits per heavy atom. The fraction of sp³-hybridized carbons (Fsp3) is 0.438. The van der Waals surface area contributed by atoms with Gasteiger partial charge >= 0.3 is 18.0 Å². The molecule has 10 nitrogen and oxygen atoms in total. The summed E-state index contributed by atoms with van der Waals surface area (Å²) in [7, 11) is 1.23. The summed E-state index contributed by atoms with van der Waals surface area (Å²) in [5.41, 5.74) is -0.473. The Bertz CT molecular complexity index is 844. The van der Waals surface area contributed by atoms with Crippen LogP contribution in [0.2, 0.25) is 0 Å². The molecule has 2 rings (SSSR count). The molecule has 2 heterocycles. The average molecular weight is 395 g/mol. The Morgan fingerprint density at radius 2 is 1.89 bits per heavy atom. The summed E-state index contributed by atoms with van der Waals surface area (Å²) in [5, 5.41) is 14.0. The highest BCUT2D eigenvalue weighted by Crippen LogP contribution is 2.35. The predicted octanol–water partition coefficient (Wildman–Crippen LogP) is 1.89. The summed E-state index contributed by atoms with van der Waals surface area (Å²) in [5.74, 6) is -1.18. The van der Waals surface area contributed by atoms with Gasteiger partial charge in [0.15, 0.2) is 0 Å². The molecule has 0 saturated heterocycles. The van der Waals surface area contributed by atoms with E-state index in [9.17, 15) is 14.4 Å². The zero-order valence-electron chi connectivity index (χ0n) is 15.7. The summed E-state index contributed by atoms with van der Waals surface area (Å²) in [4.78, 5) is 37.8. The van der Waals surface area contributed by atoms with Crippen LogP contribution < -0.4 is 10.6 Å². The second-order valence-corrected chi connectivity index (χ2v) is 6.97. The molecule has 0 aliphatic rings. The number of methoxy groups -OCH3 is 1. The molecule has 0 aliphatic heterocycles. The van der Waals surface area contributed by atoms with E-state index in [1.807, 2.05) is 0 Å². The maximum absolute atomic E-state index is 12.4. The van der Waals surface area contributed by atoms with Gasteiger partial charge < -0.3 is 14.8 Å². The lowest BCUT2D eigenvalue weighted by Crippen LogP contribution is -2.51. The zero-order chi connectivity index (χ0) is 20.2. The zero-order valence-corrected chi connectivity index (χ0v) is 16.5. The first kappa shape index (κ1) is 20.4. The quantitative estimate of drug-likeness (QED) is 0.716. The number of nitrogens with zero attached hydrogens (tertiary/aromatic N) is 3. The minimum absolute atomic E-state index is 0.185. The van der Waals surface area contributed by atoms with Crippen molar-refractivity contribution in [2.75, 3.05) is 19.0 Å². The third-order valence-electron chi connectivity index (χ3n) is 3.55. The summed E-state index contributed by atoms with van der Waals surface area (Å²) in [6, 6.07) is -0.669. The molecule has 0 fully saturated rings. The van der Waals surface area contributed by atoms with Crippen LogP contribution in [0.25, 0.3) is 5.00 Å². The Hall–Kier alpha value is -2.95. The molecular weight excluding hydrogens is 374 g/mol. The molecule has 2 aromatic heterocycles. The number of urea groups is 1. The number of nitrogens with one attached hydrogen (secondary N) is 2. The monoisotopic (exact) mass is 395 g/mol. The normalized spacial score (nSPS) is 11.0. The largest absolute Gasteiger partial charge is 0.467 e. The van der Waals surface area contributed by atoms with E-state index in [1.54, 1.807) is 13.8 Å². The fourth-order valence-electron chi connectivity index (χ4n) is 2.27. The van der Waals surface area contributed by atoms with Gasteiger partial charge in [0.1, 0.15) is 15.5 Å². The first-order chi connectivity index (χ1) is 12.7. The van der Waals surface area contributed by atoms with Gasteiger partial charge in [0, 0.05) is 5.56 Å². The summed E-state index contributed by atoms with van der Waals surface area (Å²) < 4.78 is 9.75. The van der Waals surface area contributed by atoms with Crippen LogP contribution in [0.4, 0.5) is 9.80 Å². The van der Waals surface area contributed by atoms with Gasteiger partial charge in [0.05, 0.1) is 31.7 Å². The van der Waals surface area contributed by atoms with Gasteiger partial charge in [-0.3, -0.25) is 5.32 Å². The van der Waals surface area contributed by atoms with Crippen molar-refractivity contribution in [3.05, 3.63) is 23.5 Å². The number of hydrogen-bond donors (Lipinski definition) is 2. The Kier molecular flexibility index (Phi) is 6.16. The molecular formula is C16H21N5O5S. The molecule has 0 atom stereocenters. The number of anilines is 1. The van der Waals surface area contributed by atoms with Crippen molar-refractivity contribution in [2.45, 2.75) is 33.2 Å². The van der Waals surface area contributed by atoms with Gasteiger partial charge in [0.25, 0.3) is 0 Å². The molecule has 0 spiro atoms. The van der Waals surface area contributed by atoms with Crippen molar-refractivity contribution in [1.29, 1.82) is 0 Å². The van der Waals surface area contributed by atoms with E-state index in [1.165, 1.54) is 38.1 Å². The van der Waals surface area contributed by atoms with Crippen molar-refractivity contribution < 1.29 is 23.9 Å². The van der Waals surface area contributed by atoms with Crippen LogP contribution in [0.5, 0.6) is 0 Å². The van der Waals surface area contributed by atoms with E-state index >= 15 is 0 Å².